The third-order valence-electron chi connectivity index (χ3n) is 4.89. The van der Waals surface area contributed by atoms with Gasteiger partial charge in [-0.3, -0.25) is 4.99 Å². The van der Waals surface area contributed by atoms with Crippen molar-refractivity contribution in [1.29, 1.82) is 0 Å². The lowest BCUT2D eigenvalue weighted by Crippen LogP contribution is -2.50. The van der Waals surface area contributed by atoms with E-state index in [1.165, 1.54) is 0 Å². The predicted octanol–water partition coefficient (Wildman–Crippen LogP) is 2.94. The molecular formula is C19H23NO3. The molecule has 0 bridgehead atoms. The van der Waals surface area contributed by atoms with Crippen LogP contribution >= 0.6 is 0 Å². The van der Waals surface area contributed by atoms with Gasteiger partial charge in [-0.2, -0.15) is 0 Å². The van der Waals surface area contributed by atoms with Crippen LogP contribution in [0.4, 0.5) is 0 Å². The van der Waals surface area contributed by atoms with Crippen LogP contribution in [0.5, 0.6) is 0 Å². The van der Waals surface area contributed by atoms with Crippen molar-refractivity contribution in [3.63, 3.8) is 0 Å². The van der Waals surface area contributed by atoms with E-state index in [1.807, 2.05) is 26.0 Å². The molecular weight excluding hydrogens is 290 g/mol. The van der Waals surface area contributed by atoms with Gasteiger partial charge < -0.3 is 14.6 Å². The summed E-state index contributed by atoms with van der Waals surface area (Å²) >= 11 is 0. The second kappa shape index (κ2) is 5.95. The van der Waals surface area contributed by atoms with E-state index in [0.29, 0.717) is 6.61 Å². The topological polar surface area (TPSA) is 51.0 Å². The molecule has 3 atom stereocenters. The van der Waals surface area contributed by atoms with Crippen LogP contribution in [0.15, 0.2) is 64.1 Å². The monoisotopic (exact) mass is 313 g/mol. The molecule has 0 aromatic heterocycles. The van der Waals surface area contributed by atoms with Gasteiger partial charge in [0.05, 0.1) is 25.0 Å². The lowest BCUT2D eigenvalue weighted by Gasteiger charge is -2.50. The van der Waals surface area contributed by atoms with E-state index in [2.05, 4.69) is 13.2 Å². The lowest BCUT2D eigenvalue weighted by atomic mass is 9.59. The number of hydrogen-bond acceptors (Lipinski definition) is 4. The zero-order valence-electron chi connectivity index (χ0n) is 13.9. The number of nitrogens with zero attached hydrogens (tertiary/aromatic N) is 1. The number of aliphatic hydroxyl groups is 1. The van der Waals surface area contributed by atoms with Gasteiger partial charge >= 0.3 is 0 Å². The van der Waals surface area contributed by atoms with Gasteiger partial charge in [0.15, 0.2) is 0 Å². The highest BCUT2D eigenvalue weighted by molar-refractivity contribution is 6.19. The summed E-state index contributed by atoms with van der Waals surface area (Å²) < 4.78 is 11.2. The first-order valence-electron chi connectivity index (χ1n) is 7.86. The standard InChI is InChI=1S/C19H23NO3/c1-6-15-10(2)18-16(12(4)23-15)11(3)17-13(7-8-21)14(9-22-5)19(17)20-18/h6-7,14,17,19,21H,2-3,8-9H2,1,4-5H3/b13-7-,15-6+. The molecule has 0 aromatic rings. The zero-order chi connectivity index (χ0) is 16.7. The first kappa shape index (κ1) is 16.0. The molecule has 3 unspecified atom stereocenters. The van der Waals surface area contributed by atoms with Crippen LogP contribution < -0.4 is 0 Å². The van der Waals surface area contributed by atoms with E-state index in [4.69, 9.17) is 14.5 Å². The minimum absolute atomic E-state index is 0.0204. The molecule has 1 aliphatic carbocycles. The van der Waals surface area contributed by atoms with Crippen molar-refractivity contribution < 1.29 is 14.6 Å². The predicted molar refractivity (Wildman–Crippen MR) is 91.1 cm³/mol. The van der Waals surface area contributed by atoms with Crippen molar-refractivity contribution in [2.45, 2.75) is 19.9 Å². The average molecular weight is 313 g/mol. The van der Waals surface area contributed by atoms with Crippen LogP contribution in [0, 0.1) is 11.8 Å². The van der Waals surface area contributed by atoms with Crippen LogP contribution in [0.25, 0.3) is 0 Å². The molecule has 4 nitrogen and oxygen atoms in total. The molecule has 4 heteroatoms. The van der Waals surface area contributed by atoms with Gasteiger partial charge in [-0.1, -0.05) is 24.8 Å². The first-order valence-corrected chi connectivity index (χ1v) is 7.86. The lowest BCUT2D eigenvalue weighted by molar-refractivity contribution is 0.112. The Morgan fingerprint density at radius 1 is 1.39 bits per heavy atom. The Bertz CT molecular complexity index is 693. The summed E-state index contributed by atoms with van der Waals surface area (Å²) in [4.78, 5) is 4.96. The third kappa shape index (κ3) is 2.25. The Balaban J connectivity index is 2.09. The number of rotatable bonds is 3. The van der Waals surface area contributed by atoms with Crippen LogP contribution in [0.3, 0.4) is 0 Å². The van der Waals surface area contributed by atoms with Gasteiger partial charge in [-0.05, 0) is 25.5 Å². The minimum atomic E-state index is 0.0204. The maximum absolute atomic E-state index is 9.32. The summed E-state index contributed by atoms with van der Waals surface area (Å²) in [5.41, 5.74) is 4.82. The summed E-state index contributed by atoms with van der Waals surface area (Å²) in [7, 11) is 1.69. The van der Waals surface area contributed by atoms with Crippen LogP contribution in [0.1, 0.15) is 13.8 Å². The fraction of sp³-hybridized carbons (Fsp3) is 0.421. The van der Waals surface area contributed by atoms with Crippen molar-refractivity contribution in [2.75, 3.05) is 20.3 Å². The van der Waals surface area contributed by atoms with Gasteiger partial charge in [0.25, 0.3) is 0 Å². The summed E-state index contributed by atoms with van der Waals surface area (Å²) in [6.45, 7) is 12.9. The minimum Gasteiger partial charge on any atom is -0.461 e. The van der Waals surface area contributed by atoms with Gasteiger partial charge in [0, 0.05) is 30.1 Å². The molecule has 0 amide bonds. The Hall–Kier alpha value is -1.91. The van der Waals surface area contributed by atoms with E-state index < -0.39 is 0 Å². The summed E-state index contributed by atoms with van der Waals surface area (Å²) in [6, 6.07) is 0.0970. The Morgan fingerprint density at radius 3 is 2.74 bits per heavy atom. The van der Waals surface area contributed by atoms with E-state index >= 15 is 0 Å². The maximum atomic E-state index is 9.32. The molecule has 0 radical (unpaired) electrons. The molecule has 0 saturated heterocycles. The zero-order valence-corrected chi connectivity index (χ0v) is 13.9. The molecule has 122 valence electrons. The van der Waals surface area contributed by atoms with Crippen LogP contribution in [-0.4, -0.2) is 37.2 Å². The highest BCUT2D eigenvalue weighted by atomic mass is 16.5. The fourth-order valence-electron chi connectivity index (χ4n) is 3.84. The van der Waals surface area contributed by atoms with Crippen molar-refractivity contribution in [3.05, 3.63) is 59.1 Å². The average Bonchev–Trinajstić information content (AvgIpc) is 2.53. The number of allylic oxidation sites excluding steroid dienone is 4. The number of aliphatic hydroxyl groups excluding tert-OH is 1. The van der Waals surface area contributed by atoms with E-state index in [0.717, 1.165) is 39.5 Å². The van der Waals surface area contributed by atoms with Crippen LogP contribution in [-0.2, 0) is 9.47 Å². The summed E-state index contributed by atoms with van der Waals surface area (Å²) in [6.07, 6.45) is 3.77. The maximum Gasteiger partial charge on any atom is 0.131 e. The molecule has 23 heavy (non-hydrogen) atoms. The normalized spacial score (nSPS) is 33.2. The van der Waals surface area contributed by atoms with E-state index in [9.17, 15) is 5.11 Å². The third-order valence-corrected chi connectivity index (χ3v) is 4.89. The summed E-state index contributed by atoms with van der Waals surface area (Å²) in [5, 5.41) is 9.32. The molecule has 1 fully saturated rings. The van der Waals surface area contributed by atoms with E-state index in [-0.39, 0.29) is 24.5 Å². The quantitative estimate of drug-likeness (QED) is 0.815. The van der Waals surface area contributed by atoms with Crippen molar-refractivity contribution in [2.24, 2.45) is 16.8 Å². The summed E-state index contributed by atoms with van der Waals surface area (Å²) in [5.74, 6) is 1.88. The smallest absolute Gasteiger partial charge is 0.131 e. The number of fused-ring (bicyclic) bond motifs is 2. The van der Waals surface area contributed by atoms with Gasteiger partial charge in [-0.15, -0.1) is 0 Å². The second-order valence-corrected chi connectivity index (χ2v) is 6.08. The number of aliphatic imine (C=N–C) groups is 1. The first-order chi connectivity index (χ1) is 11.0. The largest absolute Gasteiger partial charge is 0.461 e. The molecule has 1 N–H and O–H groups in total. The number of methoxy groups -OCH3 is 1. The molecule has 3 rings (SSSR count). The Kier molecular flexibility index (Phi) is 4.13. The molecule has 1 saturated carbocycles. The van der Waals surface area contributed by atoms with Crippen molar-refractivity contribution in [3.8, 4) is 0 Å². The van der Waals surface area contributed by atoms with Gasteiger partial charge in [0.2, 0.25) is 0 Å². The van der Waals surface area contributed by atoms with Crippen molar-refractivity contribution in [1.82, 2.24) is 0 Å². The highest BCUT2D eigenvalue weighted by Crippen LogP contribution is 2.53. The molecule has 3 aliphatic rings. The Morgan fingerprint density at radius 2 is 2.13 bits per heavy atom. The molecule has 2 aliphatic heterocycles. The van der Waals surface area contributed by atoms with Crippen molar-refractivity contribution >= 4 is 5.71 Å². The molecule has 0 spiro atoms. The van der Waals surface area contributed by atoms with E-state index in [1.54, 1.807) is 7.11 Å². The number of ether oxygens (including phenoxy) is 2. The highest BCUT2D eigenvalue weighted by Gasteiger charge is 2.51. The SMILES string of the molecule is C=C1C2=NC3C(COC)/C(=C/CO)C3C(=C)C2=C(C)O/C1=C/C. The van der Waals surface area contributed by atoms with Gasteiger partial charge in [0.1, 0.15) is 11.5 Å². The number of hydrogen-bond donors (Lipinski definition) is 1. The fourth-order valence-corrected chi connectivity index (χ4v) is 3.84. The van der Waals surface area contributed by atoms with Gasteiger partial charge in [-0.25, -0.2) is 0 Å². The molecule has 2 heterocycles. The second-order valence-electron chi connectivity index (χ2n) is 6.08. The molecule has 0 aromatic carbocycles. The Labute approximate surface area is 137 Å². The van der Waals surface area contributed by atoms with Crippen LogP contribution in [0.2, 0.25) is 0 Å².